The zero-order valence-electron chi connectivity index (χ0n) is 7.18. The normalized spacial score (nSPS) is 36.7. The fourth-order valence-electron chi connectivity index (χ4n) is 2.31. The van der Waals surface area contributed by atoms with Crippen molar-refractivity contribution in [2.75, 3.05) is 0 Å². The summed E-state index contributed by atoms with van der Waals surface area (Å²) in [4.78, 5) is 11.5. The van der Waals surface area contributed by atoms with Gasteiger partial charge < -0.3 is 0 Å². The number of hydrogen-bond donors (Lipinski definition) is 0. The molecule has 1 heteroatoms. The van der Waals surface area contributed by atoms with Gasteiger partial charge in [0.05, 0.1) is 0 Å². The maximum absolute atomic E-state index is 11.5. The molecule has 0 N–H and O–H groups in total. The van der Waals surface area contributed by atoms with E-state index in [0.717, 1.165) is 17.9 Å². The highest BCUT2D eigenvalue weighted by Gasteiger charge is 2.35. The van der Waals surface area contributed by atoms with E-state index in [2.05, 4.69) is 6.92 Å². The van der Waals surface area contributed by atoms with Gasteiger partial charge >= 0.3 is 0 Å². The number of fused-ring (bicyclic) bond motifs is 1. The van der Waals surface area contributed by atoms with Crippen LogP contribution in [0.1, 0.15) is 33.1 Å². The topological polar surface area (TPSA) is 17.1 Å². The van der Waals surface area contributed by atoms with Gasteiger partial charge in [-0.1, -0.05) is 12.5 Å². The molecule has 60 valence electrons. The summed E-state index contributed by atoms with van der Waals surface area (Å²) in [5, 5.41) is 0. The summed E-state index contributed by atoms with van der Waals surface area (Å²) in [5.41, 5.74) is 2.55. The fourth-order valence-corrected chi connectivity index (χ4v) is 2.31. The Kier molecular flexibility index (Phi) is 1.41. The molecule has 0 saturated heterocycles. The van der Waals surface area contributed by atoms with Crippen LogP contribution in [0.5, 0.6) is 0 Å². The summed E-state index contributed by atoms with van der Waals surface area (Å²) in [5.74, 6) is 1.47. The molecule has 0 aromatic rings. The summed E-state index contributed by atoms with van der Waals surface area (Å²) in [6.07, 6.45) is 3.63. The van der Waals surface area contributed by atoms with E-state index in [1.807, 2.05) is 6.92 Å². The van der Waals surface area contributed by atoms with Gasteiger partial charge in [0, 0.05) is 5.92 Å². The van der Waals surface area contributed by atoms with Crippen molar-refractivity contribution in [3.63, 3.8) is 0 Å². The monoisotopic (exact) mass is 150 g/mol. The molecule has 0 bridgehead atoms. The highest BCUT2D eigenvalue weighted by Crippen LogP contribution is 2.44. The smallest absolute Gasteiger partial charge is 0.161 e. The third kappa shape index (κ3) is 0.867. The van der Waals surface area contributed by atoms with Crippen molar-refractivity contribution in [1.29, 1.82) is 0 Å². The first-order valence-corrected chi connectivity index (χ1v) is 4.44. The summed E-state index contributed by atoms with van der Waals surface area (Å²) in [6, 6.07) is 0. The summed E-state index contributed by atoms with van der Waals surface area (Å²) < 4.78 is 0. The van der Waals surface area contributed by atoms with Gasteiger partial charge in [0.2, 0.25) is 0 Å². The predicted octanol–water partition coefficient (Wildman–Crippen LogP) is 2.32. The van der Waals surface area contributed by atoms with Crippen LogP contribution in [0.3, 0.4) is 0 Å². The minimum atomic E-state index is 0.295. The van der Waals surface area contributed by atoms with E-state index in [4.69, 9.17) is 0 Å². The number of ketones is 1. The zero-order valence-corrected chi connectivity index (χ0v) is 7.18. The highest BCUT2D eigenvalue weighted by molar-refractivity contribution is 5.98. The van der Waals surface area contributed by atoms with Crippen molar-refractivity contribution in [1.82, 2.24) is 0 Å². The predicted molar refractivity (Wildman–Crippen MR) is 44.2 cm³/mol. The second-order valence-electron chi connectivity index (χ2n) is 3.89. The third-order valence-electron chi connectivity index (χ3n) is 3.19. The SMILES string of the molecule is CC1=C2CCC2CC(C)C1=O. The molecular weight excluding hydrogens is 136 g/mol. The van der Waals surface area contributed by atoms with Crippen LogP contribution in [0.25, 0.3) is 0 Å². The van der Waals surface area contributed by atoms with Gasteiger partial charge in [0.1, 0.15) is 0 Å². The molecule has 11 heavy (non-hydrogen) atoms. The van der Waals surface area contributed by atoms with E-state index in [1.54, 1.807) is 0 Å². The van der Waals surface area contributed by atoms with Crippen LogP contribution in [0.2, 0.25) is 0 Å². The van der Waals surface area contributed by atoms with E-state index in [0.29, 0.717) is 11.7 Å². The van der Waals surface area contributed by atoms with Crippen molar-refractivity contribution in [2.45, 2.75) is 33.1 Å². The van der Waals surface area contributed by atoms with Crippen molar-refractivity contribution in [3.8, 4) is 0 Å². The van der Waals surface area contributed by atoms with Crippen LogP contribution in [0, 0.1) is 11.8 Å². The molecule has 2 rings (SSSR count). The number of carbonyl (C=O) groups excluding carboxylic acids is 1. The molecule has 2 atom stereocenters. The van der Waals surface area contributed by atoms with Crippen molar-refractivity contribution in [3.05, 3.63) is 11.1 Å². The van der Waals surface area contributed by atoms with Gasteiger partial charge in [-0.05, 0) is 37.7 Å². The maximum atomic E-state index is 11.5. The lowest BCUT2D eigenvalue weighted by Crippen LogP contribution is -2.30. The number of carbonyl (C=O) groups is 1. The zero-order chi connectivity index (χ0) is 8.01. The first-order valence-electron chi connectivity index (χ1n) is 4.44. The lowest BCUT2D eigenvalue weighted by molar-refractivity contribution is -0.120. The molecule has 1 fully saturated rings. The Hall–Kier alpha value is -0.590. The van der Waals surface area contributed by atoms with Crippen molar-refractivity contribution in [2.24, 2.45) is 11.8 Å². The molecule has 0 aromatic heterocycles. The number of allylic oxidation sites excluding steroid dienone is 2. The van der Waals surface area contributed by atoms with Gasteiger partial charge in [-0.3, -0.25) is 4.79 Å². The number of rotatable bonds is 0. The second kappa shape index (κ2) is 2.20. The molecule has 2 unspecified atom stereocenters. The van der Waals surface area contributed by atoms with Gasteiger partial charge in [-0.15, -0.1) is 0 Å². The van der Waals surface area contributed by atoms with E-state index in [-0.39, 0.29) is 0 Å². The van der Waals surface area contributed by atoms with Gasteiger partial charge in [0.15, 0.2) is 5.78 Å². The Balaban J connectivity index is 2.34. The molecule has 0 spiro atoms. The minimum absolute atomic E-state index is 0.295. The average molecular weight is 150 g/mol. The number of hydrogen-bond acceptors (Lipinski definition) is 1. The molecular formula is C10H14O. The summed E-state index contributed by atoms with van der Waals surface area (Å²) >= 11 is 0. The third-order valence-corrected chi connectivity index (χ3v) is 3.19. The van der Waals surface area contributed by atoms with Gasteiger partial charge in [-0.2, -0.15) is 0 Å². The molecule has 0 amide bonds. The summed E-state index contributed by atoms with van der Waals surface area (Å²) in [7, 11) is 0. The largest absolute Gasteiger partial charge is 0.294 e. The average Bonchev–Trinajstić information content (AvgIpc) is 1.93. The minimum Gasteiger partial charge on any atom is -0.294 e. The highest BCUT2D eigenvalue weighted by atomic mass is 16.1. The fraction of sp³-hybridized carbons (Fsp3) is 0.700. The quantitative estimate of drug-likeness (QED) is 0.518. The van der Waals surface area contributed by atoms with Crippen LogP contribution in [-0.4, -0.2) is 5.78 Å². The summed E-state index contributed by atoms with van der Waals surface area (Å²) in [6.45, 7) is 4.06. The van der Waals surface area contributed by atoms with Crippen LogP contribution in [-0.2, 0) is 4.79 Å². The van der Waals surface area contributed by atoms with Crippen LogP contribution in [0.15, 0.2) is 11.1 Å². The van der Waals surface area contributed by atoms with Crippen LogP contribution in [0.4, 0.5) is 0 Å². The van der Waals surface area contributed by atoms with Gasteiger partial charge in [0.25, 0.3) is 0 Å². The van der Waals surface area contributed by atoms with Crippen LogP contribution < -0.4 is 0 Å². The molecule has 1 saturated carbocycles. The lowest BCUT2D eigenvalue weighted by atomic mass is 9.66. The van der Waals surface area contributed by atoms with Crippen molar-refractivity contribution < 1.29 is 4.79 Å². The van der Waals surface area contributed by atoms with E-state index < -0.39 is 0 Å². The van der Waals surface area contributed by atoms with Gasteiger partial charge in [-0.25, -0.2) is 0 Å². The molecule has 0 heterocycles. The standard InChI is InChI=1S/C10H14O/c1-6-5-8-3-4-9(8)7(2)10(6)11/h6,8H,3-5H2,1-2H3. The molecule has 0 radical (unpaired) electrons. The molecule has 0 aliphatic heterocycles. The Morgan fingerprint density at radius 1 is 1.45 bits per heavy atom. The second-order valence-corrected chi connectivity index (χ2v) is 3.89. The Morgan fingerprint density at radius 2 is 2.18 bits per heavy atom. The Morgan fingerprint density at radius 3 is 2.73 bits per heavy atom. The molecule has 1 nitrogen and oxygen atoms in total. The first-order chi connectivity index (χ1) is 5.20. The molecule has 2 aliphatic carbocycles. The Bertz CT molecular complexity index is 237. The van der Waals surface area contributed by atoms with Crippen molar-refractivity contribution >= 4 is 5.78 Å². The van der Waals surface area contributed by atoms with E-state index >= 15 is 0 Å². The molecule has 0 aromatic carbocycles. The molecule has 2 aliphatic rings. The Labute approximate surface area is 67.5 Å². The first kappa shape index (κ1) is 7.08. The lowest BCUT2D eigenvalue weighted by Gasteiger charge is -2.37. The maximum Gasteiger partial charge on any atom is 0.161 e. The van der Waals surface area contributed by atoms with Crippen LogP contribution >= 0.6 is 0 Å². The van der Waals surface area contributed by atoms with E-state index in [9.17, 15) is 4.79 Å². The number of Topliss-reactive ketones (excluding diaryl/α,β-unsaturated/α-hetero) is 1. The van der Waals surface area contributed by atoms with E-state index in [1.165, 1.54) is 18.4 Å².